The molecular weight excluding hydrogens is 500 g/mol. The third-order valence-electron chi connectivity index (χ3n) is 5.84. The van der Waals surface area contributed by atoms with Gasteiger partial charge in [-0.05, 0) is 62.4 Å². The van der Waals surface area contributed by atoms with E-state index < -0.39 is 0 Å². The quantitative estimate of drug-likeness (QED) is 0.144. The fourth-order valence-corrected chi connectivity index (χ4v) is 3.62. The summed E-state index contributed by atoms with van der Waals surface area (Å²) in [6.07, 6.45) is 2.58. The smallest absolute Gasteiger partial charge is 0.176 e. The van der Waals surface area contributed by atoms with Crippen molar-refractivity contribution in [1.29, 1.82) is 10.5 Å². The number of allylic oxidation sites excluding steroid dienone is 2. The molecule has 196 valence electrons. The fourth-order valence-electron chi connectivity index (χ4n) is 3.62. The van der Waals surface area contributed by atoms with Crippen molar-refractivity contribution in [3.05, 3.63) is 119 Å². The number of aliphatic imine (C=N–C) groups is 2. The van der Waals surface area contributed by atoms with E-state index in [-0.39, 0.29) is 22.9 Å². The van der Waals surface area contributed by atoms with E-state index >= 15 is 0 Å². The van der Waals surface area contributed by atoms with Crippen LogP contribution in [0, 0.1) is 36.5 Å². The highest BCUT2D eigenvalue weighted by Crippen LogP contribution is 2.26. The minimum Gasteiger partial charge on any atom is -0.507 e. The lowest BCUT2D eigenvalue weighted by atomic mass is 10.1. The summed E-state index contributed by atoms with van der Waals surface area (Å²) in [7, 11) is 0. The van der Waals surface area contributed by atoms with Gasteiger partial charge in [-0.1, -0.05) is 35.4 Å². The first-order chi connectivity index (χ1) is 19.3. The Morgan fingerprint density at radius 1 is 0.600 bits per heavy atom. The van der Waals surface area contributed by atoms with Crippen LogP contribution in [0.5, 0.6) is 11.5 Å². The molecule has 4 N–H and O–H groups in total. The number of phenolic OH excluding ortho intramolecular Hbond substituents is 2. The molecule has 0 heterocycles. The molecule has 0 aliphatic rings. The molecule has 4 rings (SSSR count). The zero-order chi connectivity index (χ0) is 28.5. The lowest BCUT2D eigenvalue weighted by Gasteiger charge is -2.08. The Labute approximate surface area is 232 Å². The van der Waals surface area contributed by atoms with Crippen molar-refractivity contribution in [2.24, 2.45) is 9.98 Å². The van der Waals surface area contributed by atoms with E-state index in [2.05, 4.69) is 20.6 Å². The first kappa shape index (κ1) is 27.2. The van der Waals surface area contributed by atoms with E-state index in [9.17, 15) is 20.7 Å². The van der Waals surface area contributed by atoms with E-state index in [4.69, 9.17) is 0 Å². The number of benzene rings is 4. The van der Waals surface area contributed by atoms with Crippen molar-refractivity contribution in [2.75, 3.05) is 10.6 Å². The second-order valence-electron chi connectivity index (χ2n) is 8.97. The van der Waals surface area contributed by atoms with Crippen molar-refractivity contribution >= 4 is 35.2 Å². The summed E-state index contributed by atoms with van der Waals surface area (Å²) in [5.41, 5.74) is 5.63. The molecule has 0 unspecified atom stereocenters. The van der Waals surface area contributed by atoms with Gasteiger partial charge in [0.05, 0.1) is 0 Å². The summed E-state index contributed by atoms with van der Waals surface area (Å²) in [5.74, 6) is -0.103. The maximum atomic E-state index is 10.4. The number of anilines is 4. The standard InChI is InChI=1S/C32H26N6O2/c1-21-3-9-25(10-4-21)37-27-13-7-23(31(39)15-27)19-35-29(17-33)30(18-34)36-20-24-8-14-28(16-32(24)40)38-26-11-5-22(2)6-12-26/h3-16,19-20,37-40H,1-2H3/b30-29+,35-19?,36-20?. The number of nitriles is 2. The SMILES string of the molecule is Cc1ccc(Nc2ccc(C=N/C(C#N)=C(\C#N)N=Cc3ccc(Nc4ccc(C)cc4)cc3O)c(O)c2)cc1. The Hall–Kier alpha value is -5.86. The second kappa shape index (κ2) is 12.6. The van der Waals surface area contributed by atoms with Gasteiger partial charge in [-0.25, -0.2) is 9.98 Å². The van der Waals surface area contributed by atoms with Crippen molar-refractivity contribution < 1.29 is 10.2 Å². The van der Waals surface area contributed by atoms with Gasteiger partial charge in [0.15, 0.2) is 11.4 Å². The highest BCUT2D eigenvalue weighted by Gasteiger charge is 2.07. The summed E-state index contributed by atoms with van der Waals surface area (Å²) >= 11 is 0. The van der Waals surface area contributed by atoms with Crippen LogP contribution < -0.4 is 10.6 Å². The minimum atomic E-state index is -0.239. The third kappa shape index (κ3) is 7.12. The lowest BCUT2D eigenvalue weighted by molar-refractivity contribution is 0.474. The van der Waals surface area contributed by atoms with E-state index in [0.29, 0.717) is 22.5 Å². The Morgan fingerprint density at radius 3 is 1.27 bits per heavy atom. The van der Waals surface area contributed by atoms with E-state index in [1.165, 1.54) is 12.4 Å². The number of nitrogens with one attached hydrogen (secondary N) is 2. The summed E-state index contributed by atoms with van der Waals surface area (Å²) in [5, 5.41) is 46.4. The van der Waals surface area contributed by atoms with E-state index in [0.717, 1.165) is 22.5 Å². The number of aryl methyl sites for hydroxylation is 2. The van der Waals surface area contributed by atoms with Crippen molar-refractivity contribution in [2.45, 2.75) is 13.8 Å². The molecule has 4 aromatic rings. The van der Waals surface area contributed by atoms with Gasteiger partial charge >= 0.3 is 0 Å². The monoisotopic (exact) mass is 526 g/mol. The van der Waals surface area contributed by atoms with E-state index in [1.807, 2.05) is 74.5 Å². The minimum absolute atomic E-state index is 0.0515. The third-order valence-corrected chi connectivity index (χ3v) is 5.84. The van der Waals surface area contributed by atoms with Crippen molar-refractivity contribution in [3.8, 4) is 23.6 Å². The van der Waals surface area contributed by atoms with Gasteiger partial charge in [-0.2, -0.15) is 10.5 Å². The number of rotatable bonds is 8. The number of hydrogen-bond donors (Lipinski definition) is 4. The average molecular weight is 527 g/mol. The molecule has 0 fully saturated rings. The fraction of sp³-hybridized carbons (Fsp3) is 0.0625. The van der Waals surface area contributed by atoms with Gasteiger partial charge in [0.1, 0.15) is 23.6 Å². The number of phenols is 2. The Balaban J connectivity index is 1.48. The molecule has 8 heteroatoms. The summed E-state index contributed by atoms with van der Waals surface area (Å²) in [6.45, 7) is 4.01. The molecule has 0 saturated heterocycles. The van der Waals surface area contributed by atoms with Crippen LogP contribution in [0.3, 0.4) is 0 Å². The van der Waals surface area contributed by atoms with Gasteiger partial charge < -0.3 is 20.8 Å². The normalized spacial score (nSPS) is 11.6. The van der Waals surface area contributed by atoms with Gasteiger partial charge in [-0.3, -0.25) is 0 Å². The molecule has 0 atom stereocenters. The van der Waals surface area contributed by atoms with Crippen LogP contribution in [0.25, 0.3) is 0 Å². The van der Waals surface area contributed by atoms with Gasteiger partial charge in [0.2, 0.25) is 0 Å². The van der Waals surface area contributed by atoms with Crippen LogP contribution in [0.1, 0.15) is 22.3 Å². The van der Waals surface area contributed by atoms with Crippen LogP contribution in [0.4, 0.5) is 22.7 Å². The van der Waals surface area contributed by atoms with Crippen molar-refractivity contribution in [1.82, 2.24) is 0 Å². The van der Waals surface area contributed by atoms with Crippen LogP contribution in [0.2, 0.25) is 0 Å². The van der Waals surface area contributed by atoms with Gasteiger partial charge in [0, 0.05) is 58.4 Å². The average Bonchev–Trinajstić information content (AvgIpc) is 2.95. The number of hydrogen-bond acceptors (Lipinski definition) is 8. The predicted molar refractivity (Wildman–Crippen MR) is 159 cm³/mol. The zero-order valence-corrected chi connectivity index (χ0v) is 21.9. The molecular formula is C32H26N6O2. The number of aromatic hydroxyl groups is 2. The molecule has 0 bridgehead atoms. The first-order valence-electron chi connectivity index (χ1n) is 12.3. The molecule has 40 heavy (non-hydrogen) atoms. The highest BCUT2D eigenvalue weighted by molar-refractivity contribution is 5.87. The molecule has 0 radical (unpaired) electrons. The molecule has 0 aliphatic heterocycles. The van der Waals surface area contributed by atoms with E-state index in [1.54, 1.807) is 36.4 Å². The Kier molecular flexibility index (Phi) is 8.56. The zero-order valence-electron chi connectivity index (χ0n) is 21.9. The molecule has 8 nitrogen and oxygen atoms in total. The second-order valence-corrected chi connectivity index (χ2v) is 8.97. The first-order valence-corrected chi connectivity index (χ1v) is 12.3. The van der Waals surface area contributed by atoms with Gasteiger partial charge in [-0.15, -0.1) is 0 Å². The van der Waals surface area contributed by atoms with Crippen LogP contribution in [-0.2, 0) is 0 Å². The van der Waals surface area contributed by atoms with Gasteiger partial charge in [0.25, 0.3) is 0 Å². The molecule has 4 aromatic carbocycles. The maximum absolute atomic E-state index is 10.4. The highest BCUT2D eigenvalue weighted by atomic mass is 16.3. The number of nitrogens with zero attached hydrogens (tertiary/aromatic N) is 4. The summed E-state index contributed by atoms with van der Waals surface area (Å²) in [6, 6.07) is 29.3. The molecule has 0 spiro atoms. The summed E-state index contributed by atoms with van der Waals surface area (Å²) < 4.78 is 0. The van der Waals surface area contributed by atoms with Crippen LogP contribution in [0.15, 0.2) is 106 Å². The van der Waals surface area contributed by atoms with Crippen molar-refractivity contribution in [3.63, 3.8) is 0 Å². The molecule has 0 amide bonds. The Bertz CT molecular complexity index is 1560. The molecule has 0 aliphatic carbocycles. The lowest BCUT2D eigenvalue weighted by Crippen LogP contribution is -1.93. The van der Waals surface area contributed by atoms with Crippen LogP contribution >= 0.6 is 0 Å². The largest absolute Gasteiger partial charge is 0.507 e. The summed E-state index contributed by atoms with van der Waals surface area (Å²) in [4.78, 5) is 8.15. The Morgan fingerprint density at radius 2 is 0.950 bits per heavy atom. The predicted octanol–water partition coefficient (Wildman–Crippen LogP) is 7.00. The topological polar surface area (TPSA) is 137 Å². The molecule has 0 aromatic heterocycles. The maximum Gasteiger partial charge on any atom is 0.176 e. The van der Waals surface area contributed by atoms with Crippen LogP contribution in [-0.4, -0.2) is 22.6 Å². The molecule has 0 saturated carbocycles.